The van der Waals surface area contributed by atoms with Crippen LogP contribution in [0.2, 0.25) is 0 Å². The van der Waals surface area contributed by atoms with E-state index in [4.69, 9.17) is 4.74 Å². The predicted molar refractivity (Wildman–Crippen MR) is 139 cm³/mol. The molecule has 0 bridgehead atoms. The number of urea groups is 1. The van der Waals surface area contributed by atoms with Gasteiger partial charge >= 0.3 is 6.03 Å². The average molecular weight is 497 g/mol. The van der Waals surface area contributed by atoms with E-state index in [0.717, 1.165) is 27.8 Å². The maximum absolute atomic E-state index is 12.8. The molecule has 1 fully saturated rings. The van der Waals surface area contributed by atoms with Crippen molar-refractivity contribution in [2.45, 2.75) is 13.0 Å². The summed E-state index contributed by atoms with van der Waals surface area (Å²) in [6.45, 7) is 2.89. The second-order valence-corrected chi connectivity index (χ2v) is 10.6. The molecule has 0 unspecified atom stereocenters. The lowest BCUT2D eigenvalue weighted by Crippen LogP contribution is -2.49. The van der Waals surface area contributed by atoms with Crippen LogP contribution in [0.4, 0.5) is 10.5 Å². The number of nitrogens with one attached hydrogen (secondary N) is 2. The molecule has 1 aliphatic rings. The summed E-state index contributed by atoms with van der Waals surface area (Å²) >= 11 is 0. The fraction of sp³-hybridized carbons (Fsp3) is 0.346. The van der Waals surface area contributed by atoms with E-state index in [9.17, 15) is 13.2 Å². The molecule has 0 aromatic heterocycles. The molecule has 9 heteroatoms. The first-order chi connectivity index (χ1) is 17.0. The van der Waals surface area contributed by atoms with Crippen LogP contribution in [0.3, 0.4) is 0 Å². The van der Waals surface area contributed by atoms with E-state index in [2.05, 4.69) is 15.5 Å². The minimum atomic E-state index is -3.36. The van der Waals surface area contributed by atoms with Gasteiger partial charge in [-0.1, -0.05) is 42.5 Å². The molecule has 0 spiro atoms. The number of hydrogen-bond acceptors (Lipinski definition) is 5. The largest absolute Gasteiger partial charge is 0.497 e. The van der Waals surface area contributed by atoms with Gasteiger partial charge in [-0.3, -0.25) is 0 Å². The molecule has 0 saturated carbocycles. The van der Waals surface area contributed by atoms with Crippen molar-refractivity contribution in [3.63, 3.8) is 0 Å². The van der Waals surface area contributed by atoms with E-state index in [1.807, 2.05) is 66.7 Å². The maximum atomic E-state index is 12.8. The lowest BCUT2D eigenvalue weighted by molar-refractivity contribution is 0.240. The highest BCUT2D eigenvalue weighted by molar-refractivity contribution is 7.89. The summed E-state index contributed by atoms with van der Waals surface area (Å²) in [7, 11) is -1.73. The molecule has 1 saturated heterocycles. The fourth-order valence-electron chi connectivity index (χ4n) is 4.29. The summed E-state index contributed by atoms with van der Waals surface area (Å²) in [5.74, 6) is 0.810. The number of benzene rings is 3. The first kappa shape index (κ1) is 24.8. The van der Waals surface area contributed by atoms with E-state index in [1.165, 1.54) is 0 Å². The highest BCUT2D eigenvalue weighted by Crippen LogP contribution is 2.21. The Hall–Kier alpha value is -3.30. The van der Waals surface area contributed by atoms with E-state index < -0.39 is 10.0 Å². The Labute approximate surface area is 206 Å². The first-order valence-corrected chi connectivity index (χ1v) is 13.4. The van der Waals surface area contributed by atoms with Gasteiger partial charge in [0, 0.05) is 45.0 Å². The van der Waals surface area contributed by atoms with E-state index in [-0.39, 0.29) is 11.8 Å². The fourth-order valence-corrected chi connectivity index (χ4v) is 5.77. The quantitative estimate of drug-likeness (QED) is 0.444. The minimum Gasteiger partial charge on any atom is -0.497 e. The number of fused-ring (bicyclic) bond motifs is 1. The smallest absolute Gasteiger partial charge is 0.315 e. The summed E-state index contributed by atoms with van der Waals surface area (Å²) in [5.41, 5.74) is 2.09. The van der Waals surface area contributed by atoms with Crippen molar-refractivity contribution < 1.29 is 17.9 Å². The normalized spacial score (nSPS) is 14.6. The molecule has 2 N–H and O–H groups in total. The summed E-state index contributed by atoms with van der Waals surface area (Å²) in [6.07, 6.45) is 0.364. The molecule has 8 nitrogen and oxygen atoms in total. The van der Waals surface area contributed by atoms with E-state index in [1.54, 1.807) is 11.4 Å². The van der Waals surface area contributed by atoms with Crippen molar-refractivity contribution in [3.8, 4) is 5.75 Å². The SMILES string of the molecule is COc1ccc(N2CCN(S(=O)(=O)CCCNC(=O)NCc3cccc4ccccc34)CC2)cc1. The molecule has 1 heterocycles. The number of amides is 2. The van der Waals surface area contributed by atoms with Crippen molar-refractivity contribution in [2.24, 2.45) is 0 Å². The van der Waals surface area contributed by atoms with Gasteiger partial charge in [-0.25, -0.2) is 13.2 Å². The number of ether oxygens (including phenoxy) is 1. The van der Waals surface area contributed by atoms with Gasteiger partial charge in [0.2, 0.25) is 10.0 Å². The van der Waals surface area contributed by atoms with Gasteiger partial charge in [-0.15, -0.1) is 0 Å². The summed E-state index contributed by atoms with van der Waals surface area (Å²) in [4.78, 5) is 14.4. The van der Waals surface area contributed by atoms with Gasteiger partial charge in [-0.05, 0) is 47.0 Å². The number of carbonyl (C=O) groups excluding carboxylic acids is 1. The second kappa shape index (κ2) is 11.4. The zero-order valence-electron chi connectivity index (χ0n) is 19.9. The van der Waals surface area contributed by atoms with Crippen molar-refractivity contribution >= 4 is 32.5 Å². The Kier molecular flexibility index (Phi) is 8.09. The maximum Gasteiger partial charge on any atom is 0.315 e. The number of piperazine rings is 1. The van der Waals surface area contributed by atoms with Gasteiger partial charge < -0.3 is 20.3 Å². The zero-order valence-corrected chi connectivity index (χ0v) is 20.8. The highest BCUT2D eigenvalue weighted by Gasteiger charge is 2.26. The number of carbonyl (C=O) groups is 1. The van der Waals surface area contributed by atoms with Crippen LogP contribution < -0.4 is 20.3 Å². The lowest BCUT2D eigenvalue weighted by Gasteiger charge is -2.35. The topological polar surface area (TPSA) is 91.0 Å². The van der Waals surface area contributed by atoms with Crippen LogP contribution in [0, 0.1) is 0 Å². The number of nitrogens with zero attached hydrogens (tertiary/aromatic N) is 2. The molecule has 3 aromatic rings. The first-order valence-electron chi connectivity index (χ1n) is 11.8. The van der Waals surface area contributed by atoms with Gasteiger partial charge in [0.15, 0.2) is 0 Å². The van der Waals surface area contributed by atoms with Crippen molar-refractivity contribution in [1.82, 2.24) is 14.9 Å². The number of anilines is 1. The number of hydrogen-bond donors (Lipinski definition) is 2. The number of methoxy groups -OCH3 is 1. The van der Waals surface area contributed by atoms with E-state index >= 15 is 0 Å². The standard InChI is InChI=1S/C26H32N4O4S/c1-34-24-12-10-23(11-13-24)29-15-17-30(18-16-29)35(32,33)19-5-14-27-26(31)28-20-22-8-4-7-21-6-2-3-9-25(21)22/h2-4,6-13H,5,14-20H2,1H3,(H2,27,28,31). The van der Waals surface area contributed by atoms with Crippen LogP contribution in [-0.4, -0.2) is 64.3 Å². The van der Waals surface area contributed by atoms with Crippen LogP contribution in [-0.2, 0) is 16.6 Å². The molecule has 35 heavy (non-hydrogen) atoms. The molecular weight excluding hydrogens is 464 g/mol. The van der Waals surface area contributed by atoms with Gasteiger partial charge in [0.25, 0.3) is 0 Å². The molecule has 2 amide bonds. The molecule has 0 radical (unpaired) electrons. The monoisotopic (exact) mass is 496 g/mol. The Morgan fingerprint density at radius 3 is 2.37 bits per heavy atom. The number of sulfonamides is 1. The molecule has 186 valence electrons. The molecular formula is C26H32N4O4S. The Bertz CT molecular complexity index is 1230. The molecule has 4 rings (SSSR count). The molecule has 3 aromatic carbocycles. The Morgan fingerprint density at radius 1 is 0.914 bits per heavy atom. The van der Waals surface area contributed by atoms with Gasteiger partial charge in [0.05, 0.1) is 12.9 Å². The summed E-state index contributed by atoms with van der Waals surface area (Å²) in [5, 5.41) is 7.85. The van der Waals surface area contributed by atoms with Crippen LogP contribution in [0.15, 0.2) is 66.7 Å². The molecule has 0 atom stereocenters. The third-order valence-electron chi connectivity index (χ3n) is 6.25. The summed E-state index contributed by atoms with van der Waals surface area (Å²) < 4.78 is 32.3. The van der Waals surface area contributed by atoms with Crippen molar-refractivity contribution in [2.75, 3.05) is 50.5 Å². The second-order valence-electron chi connectivity index (χ2n) is 8.50. The highest BCUT2D eigenvalue weighted by atomic mass is 32.2. The molecule has 0 aliphatic carbocycles. The lowest BCUT2D eigenvalue weighted by atomic mass is 10.0. The van der Waals surface area contributed by atoms with Crippen LogP contribution in [0.25, 0.3) is 10.8 Å². The van der Waals surface area contributed by atoms with Crippen molar-refractivity contribution in [1.29, 1.82) is 0 Å². The third-order valence-corrected chi connectivity index (χ3v) is 8.21. The summed E-state index contributed by atoms with van der Waals surface area (Å²) in [6, 6.07) is 21.5. The zero-order chi connectivity index (χ0) is 24.7. The Morgan fingerprint density at radius 2 is 1.63 bits per heavy atom. The van der Waals surface area contributed by atoms with Crippen LogP contribution in [0.5, 0.6) is 5.75 Å². The minimum absolute atomic E-state index is 0.0130. The van der Waals surface area contributed by atoms with Crippen LogP contribution in [0.1, 0.15) is 12.0 Å². The predicted octanol–water partition coefficient (Wildman–Crippen LogP) is 3.19. The number of rotatable bonds is 9. The van der Waals surface area contributed by atoms with Gasteiger partial charge in [-0.2, -0.15) is 4.31 Å². The van der Waals surface area contributed by atoms with E-state index in [0.29, 0.717) is 45.7 Å². The van der Waals surface area contributed by atoms with Gasteiger partial charge in [0.1, 0.15) is 5.75 Å². The third kappa shape index (κ3) is 6.43. The average Bonchev–Trinajstić information content (AvgIpc) is 2.90. The van der Waals surface area contributed by atoms with Crippen LogP contribution >= 0.6 is 0 Å². The Balaban J connectivity index is 1.17. The van der Waals surface area contributed by atoms with Crippen molar-refractivity contribution in [3.05, 3.63) is 72.3 Å². The molecule has 1 aliphatic heterocycles.